The van der Waals surface area contributed by atoms with Crippen LogP contribution < -0.4 is 4.72 Å². The van der Waals surface area contributed by atoms with E-state index in [1.807, 2.05) is 0 Å². The summed E-state index contributed by atoms with van der Waals surface area (Å²) in [6.45, 7) is 0. The van der Waals surface area contributed by atoms with Gasteiger partial charge < -0.3 is 0 Å². The molecule has 0 aliphatic carbocycles. The average molecular weight is 392 g/mol. The zero-order chi connectivity index (χ0) is 15.6. The van der Waals surface area contributed by atoms with E-state index in [2.05, 4.69) is 20.7 Å². The number of nitrogens with one attached hydrogen (secondary N) is 1. The van der Waals surface area contributed by atoms with Gasteiger partial charge >= 0.3 is 0 Å². The van der Waals surface area contributed by atoms with Crippen LogP contribution in [0.1, 0.15) is 0 Å². The molecule has 0 aromatic heterocycles. The predicted octanol–water partition coefficient (Wildman–Crippen LogP) is 3.81. The Labute approximate surface area is 134 Å². The maximum atomic E-state index is 12.2. The first kappa shape index (κ1) is 15.7. The summed E-state index contributed by atoms with van der Waals surface area (Å²) in [6, 6.07) is 9.90. The van der Waals surface area contributed by atoms with Crippen LogP contribution in [0.3, 0.4) is 0 Å². The van der Waals surface area contributed by atoms with Gasteiger partial charge in [0, 0.05) is 10.5 Å². The van der Waals surface area contributed by atoms with Gasteiger partial charge in [-0.15, -0.1) is 0 Å². The molecule has 0 heterocycles. The van der Waals surface area contributed by atoms with E-state index < -0.39 is 14.9 Å². The van der Waals surface area contributed by atoms with Crippen LogP contribution in [0.25, 0.3) is 0 Å². The average Bonchev–Trinajstić information content (AvgIpc) is 2.38. The van der Waals surface area contributed by atoms with Crippen LogP contribution in [0.5, 0.6) is 0 Å². The summed E-state index contributed by atoms with van der Waals surface area (Å²) >= 11 is 8.90. The van der Waals surface area contributed by atoms with Gasteiger partial charge in [-0.3, -0.25) is 14.8 Å². The third-order valence-corrected chi connectivity index (χ3v) is 5.22. The third-order valence-electron chi connectivity index (χ3n) is 2.52. The van der Waals surface area contributed by atoms with Gasteiger partial charge in [0.05, 0.1) is 10.6 Å². The van der Waals surface area contributed by atoms with Crippen molar-refractivity contribution < 1.29 is 13.3 Å². The molecular weight excluding hydrogens is 384 g/mol. The van der Waals surface area contributed by atoms with Gasteiger partial charge in [-0.1, -0.05) is 23.7 Å². The summed E-state index contributed by atoms with van der Waals surface area (Å²) in [5.41, 5.74) is -0.151. The molecule has 0 bridgehead atoms. The lowest BCUT2D eigenvalue weighted by molar-refractivity contribution is -0.384. The van der Waals surface area contributed by atoms with Crippen LogP contribution in [0.4, 0.5) is 11.4 Å². The summed E-state index contributed by atoms with van der Waals surface area (Å²) in [7, 11) is -3.82. The van der Waals surface area contributed by atoms with Crippen LogP contribution in [-0.4, -0.2) is 13.3 Å². The standard InChI is InChI=1S/C12H8BrClN2O4S/c13-9-3-1-2-4-12(9)21(19,20)15-8-5-6-11(16(17)18)10(14)7-8/h1-7,15H. The van der Waals surface area contributed by atoms with E-state index in [4.69, 9.17) is 11.6 Å². The Bertz CT molecular complexity index is 811. The van der Waals surface area contributed by atoms with E-state index in [1.54, 1.807) is 18.2 Å². The first-order chi connectivity index (χ1) is 9.81. The molecule has 0 saturated carbocycles. The van der Waals surface area contributed by atoms with E-state index >= 15 is 0 Å². The zero-order valence-electron chi connectivity index (χ0n) is 10.3. The van der Waals surface area contributed by atoms with Crippen molar-refractivity contribution >= 4 is 48.9 Å². The monoisotopic (exact) mass is 390 g/mol. The summed E-state index contributed by atoms with van der Waals surface area (Å²) in [5, 5.41) is 10.5. The Morgan fingerprint density at radius 3 is 2.43 bits per heavy atom. The minimum absolute atomic E-state index is 0.0551. The molecule has 0 fully saturated rings. The Kier molecular flexibility index (Phi) is 4.50. The van der Waals surface area contributed by atoms with E-state index in [0.717, 1.165) is 6.07 Å². The zero-order valence-corrected chi connectivity index (χ0v) is 13.4. The number of nitrogens with zero attached hydrogens (tertiary/aromatic N) is 1. The van der Waals surface area contributed by atoms with Crippen molar-refractivity contribution in [1.29, 1.82) is 0 Å². The van der Waals surface area contributed by atoms with E-state index in [0.29, 0.717) is 4.47 Å². The van der Waals surface area contributed by atoms with E-state index in [9.17, 15) is 18.5 Å². The molecule has 2 aromatic carbocycles. The highest BCUT2D eigenvalue weighted by Gasteiger charge is 2.19. The smallest absolute Gasteiger partial charge is 0.280 e. The third kappa shape index (κ3) is 3.52. The van der Waals surface area contributed by atoms with Gasteiger partial charge in [0.1, 0.15) is 9.92 Å². The summed E-state index contributed by atoms with van der Waals surface area (Å²) < 4.78 is 27.2. The summed E-state index contributed by atoms with van der Waals surface area (Å²) in [5.74, 6) is 0. The van der Waals surface area contributed by atoms with Crippen molar-refractivity contribution in [2.24, 2.45) is 0 Å². The van der Waals surface area contributed by atoms with Crippen molar-refractivity contribution in [3.63, 3.8) is 0 Å². The van der Waals surface area contributed by atoms with E-state index in [1.165, 1.54) is 18.2 Å². The van der Waals surface area contributed by atoms with Crippen molar-refractivity contribution in [2.45, 2.75) is 4.90 Å². The van der Waals surface area contributed by atoms with Crippen molar-refractivity contribution in [1.82, 2.24) is 0 Å². The lowest BCUT2D eigenvalue weighted by atomic mass is 10.3. The number of hydrogen-bond donors (Lipinski definition) is 1. The van der Waals surface area contributed by atoms with Crippen LogP contribution >= 0.6 is 27.5 Å². The quantitative estimate of drug-likeness (QED) is 0.634. The second-order valence-corrected chi connectivity index (χ2v) is 6.87. The SMILES string of the molecule is O=[N+]([O-])c1ccc(NS(=O)(=O)c2ccccc2Br)cc1Cl. The first-order valence-corrected chi connectivity index (χ1v) is 8.18. The van der Waals surface area contributed by atoms with Crippen LogP contribution in [0.2, 0.25) is 5.02 Å². The minimum Gasteiger partial charge on any atom is -0.280 e. The van der Waals surface area contributed by atoms with Crippen LogP contribution in [-0.2, 0) is 10.0 Å². The van der Waals surface area contributed by atoms with Gasteiger partial charge in [0.15, 0.2) is 0 Å². The Morgan fingerprint density at radius 1 is 1.19 bits per heavy atom. The molecule has 110 valence electrons. The fraction of sp³-hybridized carbons (Fsp3) is 0. The number of benzene rings is 2. The maximum absolute atomic E-state index is 12.2. The number of nitro benzene ring substituents is 1. The molecule has 0 spiro atoms. The molecule has 1 N–H and O–H groups in total. The molecule has 2 aromatic rings. The number of anilines is 1. The minimum atomic E-state index is -3.82. The molecule has 6 nitrogen and oxygen atoms in total. The molecule has 21 heavy (non-hydrogen) atoms. The molecular formula is C12H8BrClN2O4S. The van der Waals surface area contributed by atoms with Gasteiger partial charge in [-0.25, -0.2) is 8.42 Å². The Balaban J connectivity index is 2.36. The van der Waals surface area contributed by atoms with Gasteiger partial charge in [0.25, 0.3) is 15.7 Å². The Hall–Kier alpha value is -1.64. The molecule has 2 rings (SSSR count). The number of sulfonamides is 1. The number of hydrogen-bond acceptors (Lipinski definition) is 4. The Morgan fingerprint density at radius 2 is 1.86 bits per heavy atom. The van der Waals surface area contributed by atoms with Crippen molar-refractivity contribution in [2.75, 3.05) is 4.72 Å². The normalized spacial score (nSPS) is 11.1. The number of halogens is 2. The summed E-state index contributed by atoms with van der Waals surface area (Å²) in [4.78, 5) is 10.1. The van der Waals surface area contributed by atoms with Crippen molar-refractivity contribution in [3.8, 4) is 0 Å². The first-order valence-electron chi connectivity index (χ1n) is 5.52. The maximum Gasteiger partial charge on any atom is 0.288 e. The van der Waals surface area contributed by atoms with Crippen LogP contribution in [0.15, 0.2) is 51.8 Å². The largest absolute Gasteiger partial charge is 0.288 e. The van der Waals surface area contributed by atoms with Crippen molar-refractivity contribution in [3.05, 3.63) is 62.1 Å². The fourth-order valence-corrected chi connectivity index (χ4v) is 3.89. The lowest BCUT2D eigenvalue weighted by Crippen LogP contribution is -2.13. The van der Waals surface area contributed by atoms with Gasteiger partial charge in [-0.2, -0.15) is 0 Å². The molecule has 0 unspecified atom stereocenters. The second kappa shape index (κ2) is 6.00. The van der Waals surface area contributed by atoms with Gasteiger partial charge in [-0.05, 0) is 40.2 Å². The molecule has 0 radical (unpaired) electrons. The molecule has 0 aliphatic heterocycles. The van der Waals surface area contributed by atoms with Gasteiger partial charge in [0.2, 0.25) is 0 Å². The second-order valence-electron chi connectivity index (χ2n) is 3.96. The highest BCUT2D eigenvalue weighted by atomic mass is 79.9. The fourth-order valence-electron chi connectivity index (χ4n) is 1.59. The highest BCUT2D eigenvalue weighted by Crippen LogP contribution is 2.29. The van der Waals surface area contributed by atoms with Crippen LogP contribution in [0, 0.1) is 10.1 Å². The highest BCUT2D eigenvalue weighted by molar-refractivity contribution is 9.10. The molecule has 0 saturated heterocycles. The van der Waals surface area contributed by atoms with E-state index in [-0.39, 0.29) is 21.3 Å². The summed E-state index contributed by atoms with van der Waals surface area (Å²) in [6.07, 6.45) is 0. The lowest BCUT2D eigenvalue weighted by Gasteiger charge is -2.09. The molecule has 0 aliphatic rings. The topological polar surface area (TPSA) is 89.3 Å². The molecule has 0 amide bonds. The number of nitro groups is 1. The molecule has 9 heteroatoms. The number of rotatable bonds is 4. The molecule has 0 atom stereocenters. The predicted molar refractivity (Wildman–Crippen MR) is 83.1 cm³/mol.